The van der Waals surface area contributed by atoms with Gasteiger partial charge in [0.25, 0.3) is 0 Å². The smallest absolute Gasteiger partial charge is 0.0729 e. The second-order valence-corrected chi connectivity index (χ2v) is 5.99. The van der Waals surface area contributed by atoms with E-state index < -0.39 is 0 Å². The molecule has 0 radical (unpaired) electrons. The Morgan fingerprint density at radius 2 is 2.06 bits per heavy atom. The van der Waals surface area contributed by atoms with Gasteiger partial charge in [-0.05, 0) is 41.1 Å². The Balaban J connectivity index is 2.17. The van der Waals surface area contributed by atoms with Crippen molar-refractivity contribution in [3.8, 4) is 0 Å². The number of anilines is 1. The summed E-state index contributed by atoms with van der Waals surface area (Å²) < 4.78 is 1.16. The van der Waals surface area contributed by atoms with Gasteiger partial charge in [-0.3, -0.25) is 0 Å². The van der Waals surface area contributed by atoms with Crippen LogP contribution in [0.4, 0.5) is 5.69 Å². The minimum atomic E-state index is 0.174. The van der Waals surface area contributed by atoms with Crippen molar-refractivity contribution in [1.29, 1.82) is 0 Å². The molecule has 0 saturated heterocycles. The summed E-state index contributed by atoms with van der Waals surface area (Å²) in [6.45, 7) is 2.69. The first-order valence-corrected chi connectivity index (χ1v) is 7.09. The van der Waals surface area contributed by atoms with Gasteiger partial charge in [0.1, 0.15) is 0 Å². The van der Waals surface area contributed by atoms with Gasteiger partial charge in [0.05, 0.1) is 6.04 Å². The van der Waals surface area contributed by atoms with Crippen molar-refractivity contribution < 1.29 is 0 Å². The van der Waals surface area contributed by atoms with E-state index in [2.05, 4.69) is 46.4 Å². The fourth-order valence-electron chi connectivity index (χ4n) is 1.64. The highest BCUT2D eigenvalue weighted by atomic mass is 79.9. The highest BCUT2D eigenvalue weighted by Crippen LogP contribution is 2.31. The molecule has 0 saturated carbocycles. The molecule has 2 nitrogen and oxygen atoms in total. The maximum Gasteiger partial charge on any atom is 0.0729 e. The highest BCUT2D eigenvalue weighted by molar-refractivity contribution is 9.10. The number of hydrogen-bond acceptors (Lipinski definition) is 3. The molecule has 0 aliphatic rings. The van der Waals surface area contributed by atoms with E-state index in [-0.39, 0.29) is 6.04 Å². The number of nitrogens with one attached hydrogen (secondary N) is 1. The first-order valence-electron chi connectivity index (χ1n) is 5.48. The molecule has 0 amide bonds. The molecule has 1 atom stereocenters. The maximum atomic E-state index is 5.84. The van der Waals surface area contributed by atoms with Crippen LogP contribution in [-0.4, -0.2) is 6.54 Å². The fraction of sp³-hybridized carbons (Fsp3) is 0.231. The Morgan fingerprint density at radius 3 is 2.59 bits per heavy atom. The zero-order valence-corrected chi connectivity index (χ0v) is 12.0. The van der Waals surface area contributed by atoms with E-state index in [0.29, 0.717) is 6.54 Å². The van der Waals surface area contributed by atoms with Gasteiger partial charge in [0.15, 0.2) is 0 Å². The third-order valence-electron chi connectivity index (χ3n) is 2.57. The minimum absolute atomic E-state index is 0.174. The Bertz CT molecular complexity index is 462. The van der Waals surface area contributed by atoms with Gasteiger partial charge in [-0.25, -0.2) is 0 Å². The normalized spacial score (nSPS) is 12.4. The number of aryl methyl sites for hydroxylation is 1. The zero-order valence-electron chi connectivity index (χ0n) is 9.61. The van der Waals surface area contributed by atoms with Crippen LogP contribution in [0.1, 0.15) is 15.8 Å². The summed E-state index contributed by atoms with van der Waals surface area (Å²) in [7, 11) is 0. The highest BCUT2D eigenvalue weighted by Gasteiger charge is 2.13. The molecule has 2 rings (SSSR count). The average Bonchev–Trinajstić information content (AvgIpc) is 2.68. The maximum absolute atomic E-state index is 5.84. The van der Waals surface area contributed by atoms with E-state index in [1.54, 1.807) is 11.3 Å². The molecule has 90 valence electrons. The van der Waals surface area contributed by atoms with Crippen LogP contribution in [0.3, 0.4) is 0 Å². The molecule has 0 aliphatic carbocycles. The lowest BCUT2D eigenvalue weighted by molar-refractivity contribution is 0.805. The second kappa shape index (κ2) is 5.67. The molecule has 1 aromatic heterocycles. The summed E-state index contributed by atoms with van der Waals surface area (Å²) >= 11 is 5.32. The number of thiophene rings is 1. The quantitative estimate of drug-likeness (QED) is 0.898. The van der Waals surface area contributed by atoms with Gasteiger partial charge in [0, 0.05) is 26.5 Å². The van der Waals surface area contributed by atoms with E-state index in [1.807, 2.05) is 18.2 Å². The van der Waals surface area contributed by atoms with Crippen LogP contribution in [0.2, 0.25) is 0 Å². The molecule has 0 bridgehead atoms. The monoisotopic (exact) mass is 310 g/mol. The van der Waals surface area contributed by atoms with E-state index in [9.17, 15) is 0 Å². The first kappa shape index (κ1) is 12.6. The zero-order chi connectivity index (χ0) is 12.3. The second-order valence-electron chi connectivity index (χ2n) is 3.85. The van der Waals surface area contributed by atoms with Gasteiger partial charge >= 0.3 is 0 Å². The van der Waals surface area contributed by atoms with Crippen molar-refractivity contribution in [2.45, 2.75) is 13.0 Å². The summed E-state index contributed by atoms with van der Waals surface area (Å²) in [6, 6.07) is 12.5. The summed E-state index contributed by atoms with van der Waals surface area (Å²) in [6.07, 6.45) is 0. The summed E-state index contributed by atoms with van der Waals surface area (Å²) in [5.74, 6) is 0. The van der Waals surface area contributed by atoms with Gasteiger partial charge < -0.3 is 11.1 Å². The van der Waals surface area contributed by atoms with Crippen LogP contribution in [0.25, 0.3) is 0 Å². The molecular weight excluding hydrogens is 296 g/mol. The van der Waals surface area contributed by atoms with Crippen LogP contribution < -0.4 is 11.1 Å². The van der Waals surface area contributed by atoms with Crippen LogP contribution >= 0.6 is 27.3 Å². The number of benzene rings is 1. The van der Waals surface area contributed by atoms with Crippen molar-refractivity contribution in [3.63, 3.8) is 0 Å². The lowest BCUT2D eigenvalue weighted by atomic mass is 10.2. The molecular formula is C13H15BrN2S. The number of hydrogen-bond donors (Lipinski definition) is 2. The van der Waals surface area contributed by atoms with E-state index in [0.717, 1.165) is 10.2 Å². The minimum Gasteiger partial charge on any atom is -0.376 e. The van der Waals surface area contributed by atoms with E-state index >= 15 is 0 Å². The Labute approximate surface area is 114 Å². The Kier molecular flexibility index (Phi) is 4.20. The topological polar surface area (TPSA) is 38.0 Å². The van der Waals surface area contributed by atoms with Gasteiger partial charge in [-0.15, -0.1) is 11.3 Å². The number of rotatable bonds is 4. The van der Waals surface area contributed by atoms with Gasteiger partial charge in [-0.1, -0.05) is 18.2 Å². The van der Waals surface area contributed by atoms with E-state index in [1.165, 1.54) is 9.75 Å². The van der Waals surface area contributed by atoms with Crippen molar-refractivity contribution in [1.82, 2.24) is 0 Å². The summed E-state index contributed by atoms with van der Waals surface area (Å²) in [5.41, 5.74) is 6.94. The molecule has 4 heteroatoms. The van der Waals surface area contributed by atoms with Gasteiger partial charge in [0.2, 0.25) is 0 Å². The van der Waals surface area contributed by atoms with Gasteiger partial charge in [-0.2, -0.15) is 0 Å². The third kappa shape index (κ3) is 3.09. The fourth-order valence-corrected chi connectivity index (χ4v) is 3.26. The molecule has 1 unspecified atom stereocenters. The SMILES string of the molecule is Cc1sc(C(CN)Nc2ccccc2)cc1Br. The van der Waals surface area contributed by atoms with Crippen molar-refractivity contribution in [2.75, 3.05) is 11.9 Å². The molecule has 17 heavy (non-hydrogen) atoms. The average molecular weight is 311 g/mol. The Hall–Kier alpha value is -0.840. The lowest BCUT2D eigenvalue weighted by Crippen LogP contribution is -2.19. The number of para-hydroxylation sites is 1. The van der Waals surface area contributed by atoms with Crippen LogP contribution in [0, 0.1) is 6.92 Å². The van der Waals surface area contributed by atoms with Crippen LogP contribution in [0.15, 0.2) is 40.9 Å². The number of halogens is 1. The predicted molar refractivity (Wildman–Crippen MR) is 78.6 cm³/mol. The lowest BCUT2D eigenvalue weighted by Gasteiger charge is -2.16. The molecule has 0 aliphatic heterocycles. The first-order chi connectivity index (χ1) is 8.20. The summed E-state index contributed by atoms with van der Waals surface area (Å²) in [5, 5.41) is 3.45. The molecule has 1 heterocycles. The molecule has 0 spiro atoms. The van der Waals surface area contributed by atoms with Crippen molar-refractivity contribution in [3.05, 3.63) is 50.6 Å². The molecule has 0 fully saturated rings. The molecule has 2 aromatic rings. The third-order valence-corrected chi connectivity index (χ3v) is 4.82. The summed E-state index contributed by atoms with van der Waals surface area (Å²) in [4.78, 5) is 2.55. The van der Waals surface area contributed by atoms with Crippen molar-refractivity contribution >= 4 is 33.0 Å². The largest absolute Gasteiger partial charge is 0.376 e. The van der Waals surface area contributed by atoms with Crippen LogP contribution in [-0.2, 0) is 0 Å². The molecule has 3 N–H and O–H groups in total. The predicted octanol–water partition coefficient (Wildman–Crippen LogP) is 3.93. The Morgan fingerprint density at radius 1 is 1.35 bits per heavy atom. The van der Waals surface area contributed by atoms with E-state index in [4.69, 9.17) is 5.73 Å². The standard InChI is InChI=1S/C13H15BrN2S/c1-9-11(14)7-13(17-9)12(8-15)16-10-5-3-2-4-6-10/h2-7,12,16H,8,15H2,1H3. The van der Waals surface area contributed by atoms with Crippen molar-refractivity contribution in [2.24, 2.45) is 5.73 Å². The molecule has 1 aromatic carbocycles. The van der Waals surface area contributed by atoms with Crippen LogP contribution in [0.5, 0.6) is 0 Å². The number of nitrogens with two attached hydrogens (primary N) is 1.